The lowest BCUT2D eigenvalue weighted by molar-refractivity contribution is -0.153. The minimum Gasteiger partial charge on any atom is -0.464 e. The maximum Gasteiger partial charge on any atom is 0.311 e. The first-order valence-electron chi connectivity index (χ1n) is 6.52. The molecule has 1 rings (SSSR count). The van der Waals surface area contributed by atoms with Crippen LogP contribution < -0.4 is 0 Å². The van der Waals surface area contributed by atoms with Crippen LogP contribution in [-0.2, 0) is 24.3 Å². The van der Waals surface area contributed by atoms with Gasteiger partial charge in [0.25, 0.3) is 0 Å². The van der Waals surface area contributed by atoms with Crippen molar-refractivity contribution in [1.29, 1.82) is 0 Å². The molecule has 0 saturated carbocycles. The normalized spacial score (nSPS) is 18.3. The number of nitrogens with zero attached hydrogens (tertiary/aromatic N) is 1. The van der Waals surface area contributed by atoms with Gasteiger partial charge in [0, 0.05) is 13.1 Å². The Morgan fingerprint density at radius 3 is 2.42 bits per heavy atom. The predicted octanol–water partition coefficient (Wildman–Crippen LogP) is 0.628. The van der Waals surface area contributed by atoms with Crippen molar-refractivity contribution >= 4 is 16.0 Å². The Labute approximate surface area is 115 Å². The number of rotatable bonds is 6. The molecule has 0 aromatic rings. The van der Waals surface area contributed by atoms with E-state index in [0.29, 0.717) is 32.7 Å². The van der Waals surface area contributed by atoms with E-state index >= 15 is 0 Å². The van der Waals surface area contributed by atoms with Gasteiger partial charge in [-0.15, -0.1) is 0 Å². The summed E-state index contributed by atoms with van der Waals surface area (Å²) in [5, 5.41) is 0. The summed E-state index contributed by atoms with van der Waals surface area (Å²) in [4.78, 5) is 11.7. The van der Waals surface area contributed by atoms with E-state index < -0.39 is 15.4 Å². The Morgan fingerprint density at radius 1 is 1.32 bits per heavy atom. The van der Waals surface area contributed by atoms with Gasteiger partial charge in [-0.05, 0) is 20.3 Å². The van der Waals surface area contributed by atoms with Crippen molar-refractivity contribution in [2.45, 2.75) is 27.2 Å². The van der Waals surface area contributed by atoms with Crippen LogP contribution in [0.15, 0.2) is 0 Å². The van der Waals surface area contributed by atoms with Crippen molar-refractivity contribution in [2.75, 3.05) is 38.7 Å². The van der Waals surface area contributed by atoms with Gasteiger partial charge in [-0.3, -0.25) is 4.79 Å². The zero-order valence-electron chi connectivity index (χ0n) is 11.8. The van der Waals surface area contributed by atoms with Gasteiger partial charge < -0.3 is 9.47 Å². The fraction of sp³-hybridized carbons (Fsp3) is 0.917. The van der Waals surface area contributed by atoms with E-state index in [1.165, 1.54) is 4.31 Å². The monoisotopic (exact) mass is 293 g/mol. The van der Waals surface area contributed by atoms with Crippen molar-refractivity contribution in [2.24, 2.45) is 5.41 Å². The molecule has 1 heterocycles. The lowest BCUT2D eigenvalue weighted by Crippen LogP contribution is -2.42. The molecule has 0 radical (unpaired) electrons. The molecule has 7 heteroatoms. The smallest absolute Gasteiger partial charge is 0.311 e. The molecule has 1 aliphatic heterocycles. The van der Waals surface area contributed by atoms with Crippen molar-refractivity contribution in [3.63, 3.8) is 0 Å². The van der Waals surface area contributed by atoms with Crippen molar-refractivity contribution in [1.82, 2.24) is 4.31 Å². The zero-order valence-corrected chi connectivity index (χ0v) is 12.7. The molecule has 6 nitrogen and oxygen atoms in total. The molecule has 19 heavy (non-hydrogen) atoms. The molecule has 0 N–H and O–H groups in total. The molecule has 1 fully saturated rings. The minimum absolute atomic E-state index is 0.0953. The Hall–Kier alpha value is -0.660. The second-order valence-corrected chi connectivity index (χ2v) is 7.29. The molecule has 0 spiro atoms. The molecule has 112 valence electrons. The second kappa shape index (κ2) is 6.67. The fourth-order valence-electron chi connectivity index (χ4n) is 1.53. The van der Waals surface area contributed by atoms with Crippen LogP contribution in [0.5, 0.6) is 0 Å². The number of ether oxygens (including phenoxy) is 2. The van der Waals surface area contributed by atoms with Gasteiger partial charge >= 0.3 is 5.97 Å². The Morgan fingerprint density at radius 2 is 1.89 bits per heavy atom. The molecular weight excluding hydrogens is 270 g/mol. The van der Waals surface area contributed by atoms with Gasteiger partial charge in [0.15, 0.2) is 0 Å². The van der Waals surface area contributed by atoms with Gasteiger partial charge in [-0.25, -0.2) is 8.42 Å². The maximum absolute atomic E-state index is 12.0. The quantitative estimate of drug-likeness (QED) is 0.672. The van der Waals surface area contributed by atoms with E-state index in [0.717, 1.165) is 0 Å². The van der Waals surface area contributed by atoms with Gasteiger partial charge in [-0.1, -0.05) is 6.92 Å². The largest absolute Gasteiger partial charge is 0.464 e. The van der Waals surface area contributed by atoms with Crippen LogP contribution in [0.2, 0.25) is 0 Å². The third-order valence-corrected chi connectivity index (χ3v) is 5.21. The highest BCUT2D eigenvalue weighted by molar-refractivity contribution is 7.89. The minimum atomic E-state index is -3.36. The third-order valence-electron chi connectivity index (χ3n) is 3.37. The molecule has 0 atom stereocenters. The average Bonchev–Trinajstić information content (AvgIpc) is 2.39. The SMILES string of the molecule is CCC(C)(C)C(=O)OCCS(=O)(=O)N1CCOCC1. The molecule has 0 amide bonds. The second-order valence-electron chi connectivity index (χ2n) is 5.20. The molecule has 1 saturated heterocycles. The van der Waals surface area contributed by atoms with E-state index in [9.17, 15) is 13.2 Å². The van der Waals surface area contributed by atoms with Crippen LogP contribution in [0, 0.1) is 5.41 Å². The van der Waals surface area contributed by atoms with Gasteiger partial charge in [-0.2, -0.15) is 4.31 Å². The number of esters is 1. The van der Waals surface area contributed by atoms with E-state index in [1.54, 1.807) is 13.8 Å². The van der Waals surface area contributed by atoms with Crippen LogP contribution in [0.4, 0.5) is 0 Å². The Balaban J connectivity index is 2.41. The Bertz CT molecular complexity index is 398. The van der Waals surface area contributed by atoms with Crippen molar-refractivity contribution in [3.05, 3.63) is 0 Å². The maximum atomic E-state index is 12.0. The number of hydrogen-bond donors (Lipinski definition) is 0. The molecule has 0 aliphatic carbocycles. The molecule has 0 aromatic carbocycles. The number of sulfonamides is 1. The highest BCUT2D eigenvalue weighted by atomic mass is 32.2. The molecule has 1 aliphatic rings. The summed E-state index contributed by atoms with van der Waals surface area (Å²) in [6, 6.07) is 0. The summed E-state index contributed by atoms with van der Waals surface area (Å²) in [6.07, 6.45) is 0.655. The number of morpholine rings is 1. The number of carbonyl (C=O) groups is 1. The highest BCUT2D eigenvalue weighted by Crippen LogP contribution is 2.21. The number of hydrogen-bond acceptors (Lipinski definition) is 5. The first kappa shape index (κ1) is 16.4. The molecule has 0 unspecified atom stereocenters. The summed E-state index contributed by atoms with van der Waals surface area (Å²) in [6.45, 7) is 6.95. The van der Waals surface area contributed by atoms with E-state index in [4.69, 9.17) is 9.47 Å². The Kier molecular flexibility index (Phi) is 5.76. The first-order chi connectivity index (χ1) is 8.79. The molecular formula is C12H23NO5S. The summed E-state index contributed by atoms with van der Waals surface area (Å²) in [7, 11) is -3.36. The van der Waals surface area contributed by atoms with Crippen molar-refractivity contribution in [3.8, 4) is 0 Å². The average molecular weight is 293 g/mol. The summed E-state index contributed by atoms with van der Waals surface area (Å²) in [5.41, 5.74) is -0.567. The van der Waals surface area contributed by atoms with Gasteiger partial charge in [0.05, 0.1) is 24.4 Å². The summed E-state index contributed by atoms with van der Waals surface area (Å²) >= 11 is 0. The topological polar surface area (TPSA) is 72.9 Å². The lowest BCUT2D eigenvalue weighted by Gasteiger charge is -2.26. The van der Waals surface area contributed by atoms with E-state index in [1.807, 2.05) is 6.92 Å². The van der Waals surface area contributed by atoms with Crippen LogP contribution in [0.1, 0.15) is 27.2 Å². The number of carbonyl (C=O) groups excluding carboxylic acids is 1. The van der Waals surface area contributed by atoms with Gasteiger partial charge in [0.2, 0.25) is 10.0 Å². The highest BCUT2D eigenvalue weighted by Gasteiger charge is 2.29. The van der Waals surface area contributed by atoms with Gasteiger partial charge in [0.1, 0.15) is 6.61 Å². The van der Waals surface area contributed by atoms with Crippen LogP contribution in [0.25, 0.3) is 0 Å². The third kappa shape index (κ3) is 4.74. The molecule has 0 aromatic heterocycles. The van der Waals surface area contributed by atoms with Crippen molar-refractivity contribution < 1.29 is 22.7 Å². The van der Waals surface area contributed by atoms with Crippen LogP contribution in [0.3, 0.4) is 0 Å². The lowest BCUT2D eigenvalue weighted by atomic mass is 9.91. The summed E-state index contributed by atoms with van der Waals surface area (Å²) in [5.74, 6) is -0.523. The summed E-state index contributed by atoms with van der Waals surface area (Å²) < 4.78 is 35.5. The zero-order chi connectivity index (χ0) is 14.5. The van der Waals surface area contributed by atoms with Crippen LogP contribution >= 0.6 is 0 Å². The first-order valence-corrected chi connectivity index (χ1v) is 8.13. The van der Waals surface area contributed by atoms with E-state index in [2.05, 4.69) is 0 Å². The van der Waals surface area contributed by atoms with Crippen LogP contribution in [-0.4, -0.2) is 57.4 Å². The van der Waals surface area contributed by atoms with E-state index in [-0.39, 0.29) is 18.3 Å². The predicted molar refractivity (Wildman–Crippen MR) is 71.2 cm³/mol. The fourth-order valence-corrected chi connectivity index (χ4v) is 2.79. The standard InChI is InChI=1S/C12H23NO5S/c1-4-12(2,3)11(14)18-9-10-19(15,16)13-5-7-17-8-6-13/h4-10H2,1-3H3. The molecule has 0 bridgehead atoms.